The largest absolute Gasteiger partial charge is 0.348 e. The molecule has 0 spiro atoms. The molecule has 25 heavy (non-hydrogen) atoms. The molecule has 2 aromatic carbocycles. The molecule has 0 amide bonds. The summed E-state index contributed by atoms with van der Waals surface area (Å²) in [5, 5.41) is 4.79. The van der Waals surface area contributed by atoms with Gasteiger partial charge in [0.25, 0.3) is 0 Å². The lowest BCUT2D eigenvalue weighted by molar-refractivity contribution is 0.293. The summed E-state index contributed by atoms with van der Waals surface area (Å²) in [4.78, 5) is 2.26. The van der Waals surface area contributed by atoms with Crippen molar-refractivity contribution in [1.82, 2.24) is 9.47 Å². The lowest BCUT2D eigenvalue weighted by atomic mass is 10.0. The Hall–Kier alpha value is -2.30. The number of thiocarbonyl (C=S) groups is 1. The standard InChI is InChI=1S/C20H18ClN3S/c21-16-8-10-17(11-9-16)22-20(25)24-14-13-23-12-4-7-18(23)19(24)15-5-2-1-3-6-15/h1-12,19H,13-14H2,(H,22,25)/t19-/m1/s1. The van der Waals surface area contributed by atoms with Crippen LogP contribution in [-0.4, -0.2) is 21.1 Å². The third-order valence-corrected chi connectivity index (χ3v) is 5.10. The Labute approximate surface area is 157 Å². The van der Waals surface area contributed by atoms with Crippen LogP contribution in [0.5, 0.6) is 0 Å². The van der Waals surface area contributed by atoms with E-state index in [-0.39, 0.29) is 6.04 Å². The van der Waals surface area contributed by atoms with Crippen molar-refractivity contribution in [2.75, 3.05) is 11.9 Å². The summed E-state index contributed by atoms with van der Waals surface area (Å²) in [6.45, 7) is 1.79. The zero-order valence-electron chi connectivity index (χ0n) is 13.6. The minimum atomic E-state index is 0.109. The average molecular weight is 368 g/mol. The van der Waals surface area contributed by atoms with Gasteiger partial charge in [-0.25, -0.2) is 0 Å². The predicted octanol–water partition coefficient (Wildman–Crippen LogP) is 4.94. The molecule has 0 aliphatic carbocycles. The van der Waals surface area contributed by atoms with Crippen molar-refractivity contribution >= 4 is 34.6 Å². The Morgan fingerprint density at radius 2 is 1.72 bits per heavy atom. The number of rotatable bonds is 2. The Morgan fingerprint density at radius 3 is 2.48 bits per heavy atom. The summed E-state index contributed by atoms with van der Waals surface area (Å²) in [5.41, 5.74) is 3.45. The molecule has 126 valence electrons. The summed E-state index contributed by atoms with van der Waals surface area (Å²) in [6, 6.07) is 22.5. The van der Waals surface area contributed by atoms with Gasteiger partial charge in [0.05, 0.1) is 6.04 Å². The Bertz CT molecular complexity index is 873. The van der Waals surface area contributed by atoms with Gasteiger partial charge in [-0.2, -0.15) is 0 Å². The number of aromatic nitrogens is 1. The number of hydrogen-bond donors (Lipinski definition) is 1. The Kier molecular flexibility index (Phi) is 4.47. The highest BCUT2D eigenvalue weighted by Crippen LogP contribution is 2.32. The molecular formula is C20H18ClN3S. The van der Waals surface area contributed by atoms with Crippen molar-refractivity contribution in [2.45, 2.75) is 12.6 Å². The lowest BCUT2D eigenvalue weighted by Gasteiger charge is -2.39. The molecule has 1 aliphatic heterocycles. The van der Waals surface area contributed by atoms with E-state index in [2.05, 4.69) is 57.4 Å². The Balaban J connectivity index is 1.65. The van der Waals surface area contributed by atoms with Gasteiger partial charge in [0.2, 0.25) is 0 Å². The quantitative estimate of drug-likeness (QED) is 0.647. The van der Waals surface area contributed by atoms with Gasteiger partial charge in [-0.05, 0) is 54.2 Å². The van der Waals surface area contributed by atoms with Crippen LogP contribution in [0.25, 0.3) is 0 Å². The van der Waals surface area contributed by atoms with E-state index in [9.17, 15) is 0 Å². The molecule has 1 atom stereocenters. The predicted molar refractivity (Wildman–Crippen MR) is 107 cm³/mol. The second kappa shape index (κ2) is 6.90. The van der Waals surface area contributed by atoms with E-state index in [0.29, 0.717) is 0 Å². The van der Waals surface area contributed by atoms with E-state index in [0.717, 1.165) is 28.9 Å². The molecule has 0 bridgehead atoms. The van der Waals surface area contributed by atoms with E-state index >= 15 is 0 Å². The van der Waals surface area contributed by atoms with Crippen LogP contribution in [0.4, 0.5) is 5.69 Å². The summed E-state index contributed by atoms with van der Waals surface area (Å²) in [7, 11) is 0. The van der Waals surface area contributed by atoms with Crippen LogP contribution >= 0.6 is 23.8 Å². The molecule has 1 N–H and O–H groups in total. The van der Waals surface area contributed by atoms with E-state index in [1.54, 1.807) is 0 Å². The van der Waals surface area contributed by atoms with E-state index in [1.165, 1.54) is 11.3 Å². The molecule has 0 fully saturated rings. The van der Waals surface area contributed by atoms with Gasteiger partial charge < -0.3 is 14.8 Å². The van der Waals surface area contributed by atoms with Gasteiger partial charge in [0, 0.05) is 35.7 Å². The third-order valence-electron chi connectivity index (χ3n) is 4.51. The fourth-order valence-electron chi connectivity index (χ4n) is 3.32. The maximum atomic E-state index is 5.97. The molecule has 1 aromatic heterocycles. The Morgan fingerprint density at radius 1 is 0.960 bits per heavy atom. The first-order valence-corrected chi connectivity index (χ1v) is 9.04. The molecule has 0 radical (unpaired) electrons. The van der Waals surface area contributed by atoms with Crippen LogP contribution in [0.3, 0.4) is 0 Å². The topological polar surface area (TPSA) is 20.2 Å². The highest BCUT2D eigenvalue weighted by atomic mass is 35.5. The normalized spacial score (nSPS) is 16.4. The molecule has 0 saturated carbocycles. The molecule has 0 unspecified atom stereocenters. The first-order valence-electron chi connectivity index (χ1n) is 8.25. The number of nitrogens with one attached hydrogen (secondary N) is 1. The zero-order chi connectivity index (χ0) is 17.2. The zero-order valence-corrected chi connectivity index (χ0v) is 15.2. The highest BCUT2D eigenvalue weighted by Gasteiger charge is 2.30. The molecule has 3 nitrogen and oxygen atoms in total. The van der Waals surface area contributed by atoms with Crippen molar-refractivity contribution in [1.29, 1.82) is 0 Å². The maximum absolute atomic E-state index is 5.97. The summed E-state index contributed by atoms with van der Waals surface area (Å²) in [5.74, 6) is 0. The van der Waals surface area contributed by atoms with Gasteiger partial charge in [-0.1, -0.05) is 41.9 Å². The molecule has 3 aromatic rings. The second-order valence-corrected chi connectivity index (χ2v) is 6.89. The van der Waals surface area contributed by atoms with Crippen molar-refractivity contribution in [3.05, 3.63) is 89.2 Å². The van der Waals surface area contributed by atoms with Crippen molar-refractivity contribution in [2.24, 2.45) is 0 Å². The van der Waals surface area contributed by atoms with Crippen LogP contribution in [0.15, 0.2) is 72.9 Å². The fourth-order valence-corrected chi connectivity index (χ4v) is 3.76. The van der Waals surface area contributed by atoms with Gasteiger partial charge in [0.1, 0.15) is 0 Å². The summed E-state index contributed by atoms with van der Waals surface area (Å²) >= 11 is 11.7. The monoisotopic (exact) mass is 367 g/mol. The van der Waals surface area contributed by atoms with Gasteiger partial charge in [-0.3, -0.25) is 0 Å². The number of nitrogens with zero attached hydrogens (tertiary/aromatic N) is 2. The van der Waals surface area contributed by atoms with Crippen molar-refractivity contribution in [3.8, 4) is 0 Å². The number of halogens is 1. The number of fused-ring (bicyclic) bond motifs is 1. The molecule has 0 saturated heterocycles. The van der Waals surface area contributed by atoms with Crippen LogP contribution in [-0.2, 0) is 6.54 Å². The van der Waals surface area contributed by atoms with Crippen LogP contribution in [0.2, 0.25) is 5.02 Å². The molecule has 5 heteroatoms. The van der Waals surface area contributed by atoms with Crippen LogP contribution in [0, 0.1) is 0 Å². The van der Waals surface area contributed by atoms with Gasteiger partial charge in [0.15, 0.2) is 5.11 Å². The minimum absolute atomic E-state index is 0.109. The van der Waals surface area contributed by atoms with Crippen LogP contribution < -0.4 is 5.32 Å². The van der Waals surface area contributed by atoms with Gasteiger partial charge >= 0.3 is 0 Å². The van der Waals surface area contributed by atoms with E-state index in [1.807, 2.05) is 30.3 Å². The fraction of sp³-hybridized carbons (Fsp3) is 0.150. The van der Waals surface area contributed by atoms with Crippen molar-refractivity contribution in [3.63, 3.8) is 0 Å². The third kappa shape index (κ3) is 3.28. The average Bonchev–Trinajstić information content (AvgIpc) is 3.12. The number of benzene rings is 2. The number of hydrogen-bond acceptors (Lipinski definition) is 1. The molecule has 1 aliphatic rings. The van der Waals surface area contributed by atoms with E-state index < -0.39 is 0 Å². The highest BCUT2D eigenvalue weighted by molar-refractivity contribution is 7.80. The minimum Gasteiger partial charge on any atom is -0.348 e. The SMILES string of the molecule is S=C(Nc1ccc(Cl)cc1)N1CCn2cccc2[C@H]1c1ccccc1. The molecule has 2 heterocycles. The van der Waals surface area contributed by atoms with Crippen molar-refractivity contribution < 1.29 is 0 Å². The smallest absolute Gasteiger partial charge is 0.174 e. The maximum Gasteiger partial charge on any atom is 0.174 e. The lowest BCUT2D eigenvalue weighted by Crippen LogP contribution is -2.44. The first kappa shape index (κ1) is 16.2. The summed E-state index contributed by atoms with van der Waals surface area (Å²) < 4.78 is 2.30. The molecular weight excluding hydrogens is 350 g/mol. The number of anilines is 1. The van der Waals surface area contributed by atoms with Gasteiger partial charge in [-0.15, -0.1) is 0 Å². The summed E-state index contributed by atoms with van der Waals surface area (Å²) in [6.07, 6.45) is 2.14. The second-order valence-electron chi connectivity index (χ2n) is 6.07. The van der Waals surface area contributed by atoms with Crippen LogP contribution in [0.1, 0.15) is 17.3 Å². The molecule has 4 rings (SSSR count). The van der Waals surface area contributed by atoms with E-state index in [4.69, 9.17) is 23.8 Å². The first-order chi connectivity index (χ1) is 12.2.